The predicted octanol–water partition coefficient (Wildman–Crippen LogP) is 7.24. The van der Waals surface area contributed by atoms with Crippen LogP contribution in [-0.2, 0) is 10.1 Å². The van der Waals surface area contributed by atoms with Crippen molar-refractivity contribution in [1.82, 2.24) is 0 Å². The Kier molecular flexibility index (Phi) is 22.6. The third kappa shape index (κ3) is 22.4. The summed E-state index contributed by atoms with van der Waals surface area (Å²) in [5.41, 5.74) is 0. The van der Waals surface area contributed by atoms with E-state index in [1.807, 2.05) is 0 Å². The van der Waals surface area contributed by atoms with Crippen LogP contribution in [-0.4, -0.2) is 49.4 Å². The lowest BCUT2D eigenvalue weighted by Gasteiger charge is -2.39. The highest BCUT2D eigenvalue weighted by atomic mass is 32.2. The molecule has 1 N–H and O–H groups in total. The summed E-state index contributed by atoms with van der Waals surface area (Å²) in [4.78, 5) is 0. The van der Waals surface area contributed by atoms with Crippen LogP contribution < -0.4 is 0 Å². The monoisotopic (exact) mass is 436 g/mol. The number of unbranched alkanes of at least 4 members (excludes halogenated alkanes) is 9. The molecule has 0 aliphatic heterocycles. The minimum Gasteiger partial charge on any atom is -0.324 e. The van der Waals surface area contributed by atoms with Crippen molar-refractivity contribution in [3.05, 3.63) is 0 Å². The molecule has 0 aromatic heterocycles. The van der Waals surface area contributed by atoms with E-state index < -0.39 is 10.1 Å². The molecule has 0 spiro atoms. The van der Waals surface area contributed by atoms with Crippen LogP contribution in [0.1, 0.15) is 125 Å². The van der Waals surface area contributed by atoms with Crippen LogP contribution in [0.25, 0.3) is 0 Å². The second-order valence-corrected chi connectivity index (χ2v) is 10.3. The minimum absolute atomic E-state index is 0.0842. The standard InChI is InChI=1S/C16H36N.C8H18O3S/c1-5-9-13-17(14-10-6-2,15-11-7-3)16-12-8-4;1-2-3-4-5-6-7-8-12(9,10)11/h5-16H2,1-4H3;2-8H2,1H3,(H,9,10,11)/q+1;. The minimum atomic E-state index is -3.72. The van der Waals surface area contributed by atoms with Gasteiger partial charge in [-0.05, 0) is 32.1 Å². The Bertz CT molecular complexity index is 386. The molecular formula is C24H54NO3S+. The maximum atomic E-state index is 10.3. The molecule has 0 amide bonds. The Hall–Kier alpha value is -0.130. The van der Waals surface area contributed by atoms with Crippen LogP contribution in [0.5, 0.6) is 0 Å². The van der Waals surface area contributed by atoms with E-state index in [0.717, 1.165) is 12.8 Å². The van der Waals surface area contributed by atoms with Gasteiger partial charge in [0, 0.05) is 0 Å². The van der Waals surface area contributed by atoms with Crippen molar-refractivity contribution in [3.8, 4) is 0 Å². The van der Waals surface area contributed by atoms with E-state index in [9.17, 15) is 8.42 Å². The average Bonchev–Trinajstić information content (AvgIpc) is 2.69. The molecule has 4 nitrogen and oxygen atoms in total. The summed E-state index contributed by atoms with van der Waals surface area (Å²) in [5, 5.41) is 0. The molecule has 0 aliphatic rings. The SMILES string of the molecule is CCCCCCCCS(=O)(=O)O.CCCC[N+](CCCC)(CCCC)CCCC. The van der Waals surface area contributed by atoms with Gasteiger partial charge in [0.05, 0.1) is 31.9 Å². The molecule has 29 heavy (non-hydrogen) atoms. The highest BCUT2D eigenvalue weighted by Crippen LogP contribution is 2.16. The average molecular weight is 437 g/mol. The fourth-order valence-corrected chi connectivity index (χ4v) is 4.28. The molecule has 0 saturated carbocycles. The van der Waals surface area contributed by atoms with Crippen LogP contribution in [0.15, 0.2) is 0 Å². The molecule has 0 saturated heterocycles. The predicted molar refractivity (Wildman–Crippen MR) is 129 cm³/mol. The first-order chi connectivity index (χ1) is 13.8. The largest absolute Gasteiger partial charge is 0.324 e. The van der Waals surface area contributed by atoms with E-state index >= 15 is 0 Å². The lowest BCUT2D eigenvalue weighted by atomic mass is 10.1. The Balaban J connectivity index is 0. The van der Waals surface area contributed by atoms with Gasteiger partial charge in [-0.2, -0.15) is 8.42 Å². The molecular weight excluding hydrogens is 382 g/mol. The summed E-state index contributed by atoms with van der Waals surface area (Å²) in [5.74, 6) is -0.0842. The summed E-state index contributed by atoms with van der Waals surface area (Å²) < 4.78 is 30.4. The number of quaternary nitrogens is 1. The smallest absolute Gasteiger partial charge is 0.264 e. The summed E-state index contributed by atoms with van der Waals surface area (Å²) in [6.07, 6.45) is 17.2. The highest BCUT2D eigenvalue weighted by molar-refractivity contribution is 7.85. The van der Waals surface area contributed by atoms with Crippen LogP contribution in [0.3, 0.4) is 0 Å². The normalized spacial score (nSPS) is 11.9. The topological polar surface area (TPSA) is 54.4 Å². The maximum absolute atomic E-state index is 10.3. The number of hydrogen-bond donors (Lipinski definition) is 1. The third-order valence-electron chi connectivity index (χ3n) is 5.70. The fourth-order valence-electron chi connectivity index (χ4n) is 3.71. The van der Waals surface area contributed by atoms with Crippen LogP contribution in [0, 0.1) is 0 Å². The van der Waals surface area contributed by atoms with Crippen LogP contribution in [0.4, 0.5) is 0 Å². The summed E-state index contributed by atoms with van der Waals surface area (Å²) in [7, 11) is -3.72. The highest BCUT2D eigenvalue weighted by Gasteiger charge is 2.24. The zero-order valence-electron chi connectivity index (χ0n) is 20.6. The van der Waals surface area contributed by atoms with Crippen molar-refractivity contribution in [1.29, 1.82) is 0 Å². The molecule has 0 heterocycles. The Labute approximate surface area is 184 Å². The van der Waals surface area contributed by atoms with Gasteiger partial charge in [0.2, 0.25) is 0 Å². The van der Waals surface area contributed by atoms with Crippen LogP contribution in [0.2, 0.25) is 0 Å². The molecule has 0 aromatic rings. The van der Waals surface area contributed by atoms with Crippen molar-refractivity contribution >= 4 is 10.1 Å². The first-order valence-corrected chi connectivity index (χ1v) is 14.2. The fraction of sp³-hybridized carbons (Fsp3) is 1.00. The molecule has 0 rings (SSSR count). The van der Waals surface area contributed by atoms with E-state index in [0.29, 0.717) is 6.42 Å². The molecule has 0 radical (unpaired) electrons. The van der Waals surface area contributed by atoms with E-state index in [2.05, 4.69) is 34.6 Å². The molecule has 5 heteroatoms. The molecule has 0 aromatic carbocycles. The molecule has 0 unspecified atom stereocenters. The number of rotatable bonds is 19. The van der Waals surface area contributed by atoms with Crippen molar-refractivity contribution in [2.75, 3.05) is 31.9 Å². The molecule has 0 aliphatic carbocycles. The van der Waals surface area contributed by atoms with E-state index in [1.165, 1.54) is 101 Å². The van der Waals surface area contributed by atoms with E-state index in [-0.39, 0.29) is 5.75 Å². The number of hydrogen-bond acceptors (Lipinski definition) is 2. The first-order valence-electron chi connectivity index (χ1n) is 12.6. The van der Waals surface area contributed by atoms with Gasteiger partial charge in [-0.15, -0.1) is 0 Å². The van der Waals surface area contributed by atoms with Gasteiger partial charge < -0.3 is 4.48 Å². The Morgan fingerprint density at radius 1 is 0.517 bits per heavy atom. The lowest BCUT2D eigenvalue weighted by Crippen LogP contribution is -2.50. The Morgan fingerprint density at radius 3 is 1.14 bits per heavy atom. The molecule has 0 bridgehead atoms. The molecule has 0 atom stereocenters. The van der Waals surface area contributed by atoms with Gasteiger partial charge in [-0.3, -0.25) is 4.55 Å². The third-order valence-corrected chi connectivity index (χ3v) is 6.50. The molecule has 178 valence electrons. The van der Waals surface area contributed by atoms with Gasteiger partial charge in [0.25, 0.3) is 10.1 Å². The summed E-state index contributed by atoms with van der Waals surface area (Å²) in [6, 6.07) is 0. The first kappa shape index (κ1) is 31.1. The van der Waals surface area contributed by atoms with Gasteiger partial charge >= 0.3 is 0 Å². The Morgan fingerprint density at radius 2 is 0.828 bits per heavy atom. The van der Waals surface area contributed by atoms with Crippen molar-refractivity contribution in [2.45, 2.75) is 125 Å². The summed E-state index contributed by atoms with van der Waals surface area (Å²) in [6.45, 7) is 17.2. The zero-order valence-corrected chi connectivity index (χ0v) is 21.4. The van der Waals surface area contributed by atoms with E-state index in [1.54, 1.807) is 0 Å². The van der Waals surface area contributed by atoms with Crippen molar-refractivity contribution in [2.24, 2.45) is 0 Å². The van der Waals surface area contributed by atoms with E-state index in [4.69, 9.17) is 4.55 Å². The zero-order chi connectivity index (χ0) is 22.4. The van der Waals surface area contributed by atoms with Gasteiger partial charge in [0.1, 0.15) is 0 Å². The lowest BCUT2D eigenvalue weighted by molar-refractivity contribution is -0.929. The summed E-state index contributed by atoms with van der Waals surface area (Å²) >= 11 is 0. The quantitative estimate of drug-likeness (QED) is 0.132. The maximum Gasteiger partial charge on any atom is 0.264 e. The van der Waals surface area contributed by atoms with Crippen LogP contribution >= 0.6 is 0 Å². The van der Waals surface area contributed by atoms with Gasteiger partial charge in [-0.25, -0.2) is 0 Å². The second kappa shape index (κ2) is 21.1. The number of nitrogens with zero attached hydrogens (tertiary/aromatic N) is 1. The van der Waals surface area contributed by atoms with Gasteiger partial charge in [0.15, 0.2) is 0 Å². The second-order valence-electron chi connectivity index (χ2n) is 8.70. The van der Waals surface area contributed by atoms with Crippen molar-refractivity contribution < 1.29 is 17.5 Å². The van der Waals surface area contributed by atoms with Gasteiger partial charge in [-0.1, -0.05) is 92.4 Å². The molecule has 0 fully saturated rings. The van der Waals surface area contributed by atoms with Crippen molar-refractivity contribution in [3.63, 3.8) is 0 Å².